The largest absolute Gasteiger partial charge is 0.462 e. The highest BCUT2D eigenvalue weighted by atomic mass is 16.6. The summed E-state index contributed by atoms with van der Waals surface area (Å²) >= 11 is 0. The molecule has 7 atom stereocenters. The molecule has 0 spiro atoms. The number of carbonyl (C=O) groups is 9. The van der Waals surface area contributed by atoms with Crippen molar-refractivity contribution in [2.75, 3.05) is 46.6 Å². The van der Waals surface area contributed by atoms with Gasteiger partial charge in [-0.2, -0.15) is 0 Å². The van der Waals surface area contributed by atoms with Gasteiger partial charge in [-0.1, -0.05) is 207 Å². The highest BCUT2D eigenvalue weighted by Gasteiger charge is 2.28. The summed E-state index contributed by atoms with van der Waals surface area (Å²) in [4.78, 5) is 113. The van der Waals surface area contributed by atoms with Gasteiger partial charge in [0.25, 0.3) is 0 Å². The number of unbranched alkanes of at least 4 members (excludes halogenated alkanes) is 23. The summed E-state index contributed by atoms with van der Waals surface area (Å²) in [7, 11) is 0. The van der Waals surface area contributed by atoms with E-state index in [1.807, 2.05) is 26.0 Å². The summed E-state index contributed by atoms with van der Waals surface area (Å²) in [6.45, 7) is 26.9. The van der Waals surface area contributed by atoms with E-state index in [1.165, 1.54) is 33.6 Å². The quantitative estimate of drug-likeness (QED) is 0.0127. The second kappa shape index (κ2) is 66.0. The SMILES string of the molecule is C=C(C)C(=O)OCNC(=O)OC(CCCCCCCC)C(C)CCCCCCCC(=O)OCC(COC(=O)CCCCCCCC(OCC)C(C/C=C/CCCCC)OC(=O)NCOC(=O)C(=C)C)OC(=O)CCCCCCC/C=C/CC(OC(=O)NCOC(=O)C(=C)C)C(CCCCC)OCC. The fraction of sp³-hybridized carbons (Fsp3) is 0.762. The van der Waals surface area contributed by atoms with Crippen LogP contribution in [0.3, 0.4) is 0 Å². The Bertz CT molecular complexity index is 2410. The number of allylic oxidation sites excluding steroid dienone is 2. The first-order valence-corrected chi connectivity index (χ1v) is 39.0. The number of carbonyl (C=O) groups excluding carboxylic acids is 9. The predicted molar refractivity (Wildman–Crippen MR) is 400 cm³/mol. The van der Waals surface area contributed by atoms with Crippen LogP contribution in [0.5, 0.6) is 0 Å². The molecular weight excluding hydrogens is 1320 g/mol. The van der Waals surface area contributed by atoms with Gasteiger partial charge in [-0.3, -0.25) is 30.3 Å². The van der Waals surface area contributed by atoms with Crippen LogP contribution in [0.1, 0.15) is 306 Å². The highest BCUT2D eigenvalue weighted by molar-refractivity contribution is 5.88. The number of ether oxygens (including phenoxy) is 11. The zero-order chi connectivity index (χ0) is 76.5. The van der Waals surface area contributed by atoms with Crippen molar-refractivity contribution >= 4 is 54.1 Å². The Morgan fingerprint density at radius 2 is 0.650 bits per heavy atom. The smallest absolute Gasteiger partial charge is 0.410 e. The number of esters is 6. The van der Waals surface area contributed by atoms with Crippen LogP contribution in [0, 0.1) is 5.92 Å². The van der Waals surface area contributed by atoms with Gasteiger partial charge < -0.3 is 52.1 Å². The first kappa shape index (κ1) is 96.2. The van der Waals surface area contributed by atoms with Crippen molar-refractivity contribution < 1.29 is 95.3 Å². The van der Waals surface area contributed by atoms with Crippen molar-refractivity contribution in [2.24, 2.45) is 5.92 Å². The van der Waals surface area contributed by atoms with Gasteiger partial charge in [-0.15, -0.1) is 0 Å². The Balaban J connectivity index is 5.63. The van der Waals surface area contributed by atoms with E-state index in [2.05, 4.69) is 75.5 Å². The molecule has 0 aliphatic rings. The van der Waals surface area contributed by atoms with E-state index >= 15 is 0 Å². The molecule has 0 radical (unpaired) electrons. The zero-order valence-electron chi connectivity index (χ0n) is 65.0. The van der Waals surface area contributed by atoms with Crippen LogP contribution in [0.2, 0.25) is 0 Å². The van der Waals surface area contributed by atoms with Crippen LogP contribution in [0.25, 0.3) is 0 Å². The fourth-order valence-corrected chi connectivity index (χ4v) is 11.0. The lowest BCUT2D eigenvalue weighted by molar-refractivity contribution is -0.167. The Labute approximate surface area is 618 Å². The molecule has 0 aromatic rings. The van der Waals surface area contributed by atoms with Gasteiger partial charge in [0.1, 0.15) is 31.5 Å². The molecule has 0 saturated heterocycles. The molecule has 0 aliphatic carbocycles. The predicted octanol–water partition coefficient (Wildman–Crippen LogP) is 17.9. The molecule has 0 aromatic heterocycles. The molecule has 103 heavy (non-hydrogen) atoms. The molecule has 0 saturated carbocycles. The molecular formula is C80H137N3O20. The summed E-state index contributed by atoms with van der Waals surface area (Å²) in [5, 5.41) is 7.46. The van der Waals surface area contributed by atoms with Gasteiger partial charge in [0.05, 0.1) is 12.2 Å². The molecule has 0 aromatic carbocycles. The van der Waals surface area contributed by atoms with Crippen LogP contribution >= 0.6 is 0 Å². The third kappa shape index (κ3) is 56.3. The number of rotatable bonds is 67. The minimum absolute atomic E-state index is 0.106. The summed E-state index contributed by atoms with van der Waals surface area (Å²) in [5.41, 5.74) is 0.664. The van der Waals surface area contributed by atoms with E-state index in [0.717, 1.165) is 173 Å². The standard InChI is InChI=1S/C80H137N3O20/c1-13-18-21-23-32-41-49-67(101-78(90)81-59-97-75(87)62(6)7)65(12)48-40-31-29-37-45-54-72(84)95-57-66(100-74(86)56-47-36-28-26-25-27-34-44-53-70(68(93-16-4)50-39-20-15-3)102-79(91)82-60-98-76(88)63(8)9)58-96-73(85)55-46-38-30-35-42-51-69(94-17-5)71(52-43-33-24-22-19-14-2)103-80(92)83-61-99-77(89)64(10)11/h33-34,43-44,65-71H,6,8,10,13-32,35-42,45-61H2,1-5,7,9,11-12H3,(H,81,90)(H,82,91)(H,83,92)/b43-33+,44-34+. The van der Waals surface area contributed by atoms with Crippen LogP contribution in [-0.2, 0) is 80.9 Å². The van der Waals surface area contributed by atoms with Gasteiger partial charge in [0, 0.05) is 62.0 Å². The Morgan fingerprint density at radius 1 is 0.340 bits per heavy atom. The Kier molecular flexibility index (Phi) is 61.6. The highest BCUT2D eigenvalue weighted by Crippen LogP contribution is 2.25. The van der Waals surface area contributed by atoms with Crippen molar-refractivity contribution in [3.8, 4) is 0 Å². The number of amides is 3. The van der Waals surface area contributed by atoms with E-state index in [-0.39, 0.29) is 93.6 Å². The number of alkyl carbamates (subject to hydrolysis) is 3. The summed E-state index contributed by atoms with van der Waals surface area (Å²) in [6.07, 6.45) is 34.1. The second-order valence-electron chi connectivity index (χ2n) is 26.8. The van der Waals surface area contributed by atoms with Gasteiger partial charge in [0.2, 0.25) is 0 Å². The number of hydrogen-bond donors (Lipinski definition) is 3. The molecule has 0 aliphatic heterocycles. The van der Waals surface area contributed by atoms with Gasteiger partial charge in [0.15, 0.2) is 26.3 Å². The Morgan fingerprint density at radius 3 is 1.05 bits per heavy atom. The van der Waals surface area contributed by atoms with Crippen molar-refractivity contribution in [3.63, 3.8) is 0 Å². The molecule has 0 fully saturated rings. The van der Waals surface area contributed by atoms with E-state index in [1.54, 1.807) is 0 Å². The summed E-state index contributed by atoms with van der Waals surface area (Å²) < 4.78 is 61.7. The third-order valence-corrected chi connectivity index (χ3v) is 17.1. The van der Waals surface area contributed by atoms with Crippen LogP contribution in [0.15, 0.2) is 60.8 Å². The average molecular weight is 1460 g/mol. The zero-order valence-corrected chi connectivity index (χ0v) is 65.0. The topological polar surface area (TPSA) is 291 Å². The Hall–Kier alpha value is -6.75. The molecule has 7 unspecified atom stereocenters. The van der Waals surface area contributed by atoms with E-state index in [0.29, 0.717) is 51.7 Å². The molecule has 3 amide bonds. The van der Waals surface area contributed by atoms with Crippen molar-refractivity contribution in [2.45, 2.75) is 343 Å². The van der Waals surface area contributed by atoms with Crippen LogP contribution < -0.4 is 16.0 Å². The van der Waals surface area contributed by atoms with Crippen molar-refractivity contribution in [3.05, 3.63) is 60.8 Å². The van der Waals surface area contributed by atoms with Gasteiger partial charge >= 0.3 is 54.1 Å². The fourth-order valence-electron chi connectivity index (χ4n) is 11.0. The van der Waals surface area contributed by atoms with Crippen LogP contribution in [0.4, 0.5) is 14.4 Å². The summed E-state index contributed by atoms with van der Waals surface area (Å²) in [6, 6.07) is 0. The summed E-state index contributed by atoms with van der Waals surface area (Å²) in [5.74, 6) is -3.11. The van der Waals surface area contributed by atoms with Gasteiger partial charge in [-0.25, -0.2) is 28.8 Å². The van der Waals surface area contributed by atoms with Gasteiger partial charge in [-0.05, 0) is 118 Å². The van der Waals surface area contributed by atoms with Crippen molar-refractivity contribution in [1.82, 2.24) is 16.0 Å². The van der Waals surface area contributed by atoms with E-state index < -0.39 is 72.4 Å². The van der Waals surface area contributed by atoms with E-state index in [9.17, 15) is 43.2 Å². The molecule has 0 heterocycles. The van der Waals surface area contributed by atoms with Crippen molar-refractivity contribution in [1.29, 1.82) is 0 Å². The molecule has 0 bridgehead atoms. The van der Waals surface area contributed by atoms with Crippen LogP contribution in [-0.4, -0.2) is 137 Å². The number of hydrogen-bond acceptors (Lipinski definition) is 20. The molecule has 0 rings (SSSR count). The lowest BCUT2D eigenvalue weighted by atomic mass is 9.93. The van der Waals surface area contributed by atoms with E-state index in [4.69, 9.17) is 52.1 Å². The lowest BCUT2D eigenvalue weighted by Gasteiger charge is -2.26. The molecule has 23 nitrogen and oxygen atoms in total. The minimum Gasteiger partial charge on any atom is -0.462 e. The maximum Gasteiger partial charge on any atom is 0.410 e. The maximum atomic E-state index is 13.3. The number of nitrogens with one attached hydrogen (secondary N) is 3. The first-order valence-electron chi connectivity index (χ1n) is 39.0. The monoisotopic (exact) mass is 1460 g/mol. The normalized spacial score (nSPS) is 13.3. The minimum atomic E-state index is -0.994. The first-order chi connectivity index (χ1) is 49.6. The average Bonchev–Trinajstić information content (AvgIpc) is 1.08. The second-order valence-corrected chi connectivity index (χ2v) is 26.8. The third-order valence-electron chi connectivity index (χ3n) is 17.1. The molecule has 592 valence electrons. The molecule has 3 N–H and O–H groups in total. The lowest BCUT2D eigenvalue weighted by Crippen LogP contribution is -2.38. The maximum absolute atomic E-state index is 13.3. The molecule has 23 heteroatoms.